The monoisotopic (exact) mass is 275 g/mol. The molecule has 1 aromatic carbocycles. The molecule has 0 spiro atoms. The van der Waals surface area contributed by atoms with Crippen molar-refractivity contribution in [2.45, 2.75) is 0 Å². The van der Waals surface area contributed by atoms with Crippen LogP contribution in [0.25, 0.3) is 6.08 Å². The van der Waals surface area contributed by atoms with Crippen molar-refractivity contribution in [1.82, 2.24) is 5.32 Å². The van der Waals surface area contributed by atoms with Gasteiger partial charge in [-0.2, -0.15) is 5.26 Å². The number of amides is 3. The Bertz CT molecular complexity index is 602. The first-order valence-electron chi connectivity index (χ1n) is 5.47. The third-order valence-corrected chi connectivity index (χ3v) is 2.34. The van der Waals surface area contributed by atoms with E-state index >= 15 is 0 Å². The molecule has 7 nitrogen and oxygen atoms in total. The van der Waals surface area contributed by atoms with Crippen molar-refractivity contribution in [2.75, 3.05) is 14.2 Å². The van der Waals surface area contributed by atoms with Crippen LogP contribution in [-0.2, 0) is 4.79 Å². The van der Waals surface area contributed by atoms with E-state index in [2.05, 4.69) is 0 Å². The Morgan fingerprint density at radius 3 is 2.55 bits per heavy atom. The van der Waals surface area contributed by atoms with E-state index in [1.54, 1.807) is 24.3 Å². The van der Waals surface area contributed by atoms with Crippen LogP contribution in [0.1, 0.15) is 5.56 Å². The zero-order chi connectivity index (χ0) is 15.1. The number of nitrogens with one attached hydrogen (secondary N) is 1. The normalized spacial score (nSPS) is 10.3. The van der Waals surface area contributed by atoms with Gasteiger partial charge >= 0.3 is 6.03 Å². The number of hydrogen-bond donors (Lipinski definition) is 2. The number of nitrogens with two attached hydrogens (primary N) is 1. The summed E-state index contributed by atoms with van der Waals surface area (Å²) in [6.07, 6.45) is 1.28. The quantitative estimate of drug-likeness (QED) is 0.623. The van der Waals surface area contributed by atoms with E-state index in [9.17, 15) is 9.59 Å². The van der Waals surface area contributed by atoms with Crippen LogP contribution in [0, 0.1) is 11.3 Å². The summed E-state index contributed by atoms with van der Waals surface area (Å²) in [7, 11) is 2.90. The number of carbonyl (C=O) groups is 2. The summed E-state index contributed by atoms with van der Waals surface area (Å²) in [4.78, 5) is 22.2. The van der Waals surface area contributed by atoms with E-state index < -0.39 is 11.9 Å². The molecule has 0 aliphatic rings. The van der Waals surface area contributed by atoms with E-state index in [1.807, 2.05) is 5.32 Å². The molecule has 0 saturated carbocycles. The molecule has 1 rings (SSSR count). The molecule has 0 aliphatic carbocycles. The van der Waals surface area contributed by atoms with Gasteiger partial charge in [0, 0.05) is 5.56 Å². The maximum Gasteiger partial charge on any atom is 0.319 e. The number of urea groups is 1. The number of benzene rings is 1. The van der Waals surface area contributed by atoms with Crippen molar-refractivity contribution in [2.24, 2.45) is 5.73 Å². The Morgan fingerprint density at radius 2 is 2.05 bits per heavy atom. The third-order valence-electron chi connectivity index (χ3n) is 2.34. The number of nitrogens with zero attached hydrogens (tertiary/aromatic N) is 1. The van der Waals surface area contributed by atoms with Crippen LogP contribution >= 0.6 is 0 Å². The molecule has 104 valence electrons. The highest BCUT2D eigenvalue weighted by Gasteiger charge is 2.14. The highest BCUT2D eigenvalue weighted by Crippen LogP contribution is 2.32. The molecular weight excluding hydrogens is 262 g/mol. The average molecular weight is 275 g/mol. The molecule has 7 heteroatoms. The minimum Gasteiger partial charge on any atom is -0.493 e. The summed E-state index contributed by atoms with van der Waals surface area (Å²) in [5.41, 5.74) is 5.01. The van der Waals surface area contributed by atoms with Gasteiger partial charge < -0.3 is 15.2 Å². The van der Waals surface area contributed by atoms with Crippen molar-refractivity contribution in [3.8, 4) is 17.6 Å². The first-order chi connectivity index (χ1) is 9.53. The van der Waals surface area contributed by atoms with Crippen LogP contribution in [0.15, 0.2) is 23.8 Å². The van der Waals surface area contributed by atoms with Crippen LogP contribution in [0.4, 0.5) is 4.79 Å². The van der Waals surface area contributed by atoms with Gasteiger partial charge in [0.15, 0.2) is 11.5 Å². The molecule has 0 heterocycles. The molecule has 0 aromatic heterocycles. The van der Waals surface area contributed by atoms with E-state index in [-0.39, 0.29) is 5.57 Å². The standard InChI is InChI=1S/C13H13N3O4/c1-19-10-5-3-4-8(11(10)20-2)6-9(7-14)12(17)16-13(15)18/h3-6H,1-2H3,(H3,15,16,17,18)/b9-6-. The van der Waals surface area contributed by atoms with Gasteiger partial charge in [-0.1, -0.05) is 12.1 Å². The van der Waals surface area contributed by atoms with Crippen molar-refractivity contribution < 1.29 is 19.1 Å². The van der Waals surface area contributed by atoms with Crippen LogP contribution < -0.4 is 20.5 Å². The van der Waals surface area contributed by atoms with Crippen LogP contribution in [0.3, 0.4) is 0 Å². The van der Waals surface area contributed by atoms with Gasteiger partial charge in [0.1, 0.15) is 11.6 Å². The molecule has 0 atom stereocenters. The number of ether oxygens (including phenoxy) is 2. The summed E-state index contributed by atoms with van der Waals surface area (Å²) in [5, 5.41) is 10.8. The fourth-order valence-corrected chi connectivity index (χ4v) is 1.51. The molecular formula is C13H13N3O4. The fourth-order valence-electron chi connectivity index (χ4n) is 1.51. The Hall–Kier alpha value is -3.01. The number of nitriles is 1. The van der Waals surface area contributed by atoms with Crippen LogP contribution in [0.2, 0.25) is 0 Å². The molecule has 0 saturated heterocycles. The first kappa shape index (κ1) is 15.0. The fraction of sp³-hybridized carbons (Fsp3) is 0.154. The van der Waals surface area contributed by atoms with Gasteiger partial charge in [-0.3, -0.25) is 10.1 Å². The predicted molar refractivity (Wildman–Crippen MR) is 70.9 cm³/mol. The molecule has 20 heavy (non-hydrogen) atoms. The lowest BCUT2D eigenvalue weighted by atomic mass is 10.1. The maximum absolute atomic E-state index is 11.6. The second-order valence-corrected chi connectivity index (χ2v) is 3.57. The number of para-hydroxylation sites is 1. The molecule has 3 amide bonds. The molecule has 0 bridgehead atoms. The van der Waals surface area contributed by atoms with Gasteiger partial charge in [0.25, 0.3) is 5.91 Å². The second-order valence-electron chi connectivity index (χ2n) is 3.57. The summed E-state index contributed by atoms with van der Waals surface area (Å²) < 4.78 is 10.3. The highest BCUT2D eigenvalue weighted by molar-refractivity contribution is 6.08. The summed E-state index contributed by atoms with van der Waals surface area (Å²) in [5.74, 6) is -0.0617. The van der Waals surface area contributed by atoms with Crippen LogP contribution in [-0.4, -0.2) is 26.2 Å². The third kappa shape index (κ3) is 3.49. The Kier molecular flexibility index (Phi) is 5.12. The van der Waals surface area contributed by atoms with Gasteiger partial charge in [0.2, 0.25) is 0 Å². The summed E-state index contributed by atoms with van der Waals surface area (Å²) in [6.45, 7) is 0. The SMILES string of the molecule is COc1cccc(/C=C(/C#N)C(=O)NC(N)=O)c1OC. The molecule has 1 aromatic rings. The molecule has 0 radical (unpaired) electrons. The lowest BCUT2D eigenvalue weighted by Crippen LogP contribution is -2.35. The molecule has 0 unspecified atom stereocenters. The topological polar surface area (TPSA) is 114 Å². The lowest BCUT2D eigenvalue weighted by Gasteiger charge is -2.10. The zero-order valence-corrected chi connectivity index (χ0v) is 11.0. The van der Waals surface area contributed by atoms with Gasteiger partial charge in [-0.25, -0.2) is 4.79 Å². The van der Waals surface area contributed by atoms with Crippen molar-refractivity contribution >= 4 is 18.0 Å². The van der Waals surface area contributed by atoms with Crippen molar-refractivity contribution in [1.29, 1.82) is 5.26 Å². The Balaban J connectivity index is 3.23. The van der Waals surface area contributed by atoms with Crippen molar-refractivity contribution in [3.05, 3.63) is 29.3 Å². The summed E-state index contributed by atoms with van der Waals surface area (Å²) >= 11 is 0. The number of methoxy groups -OCH3 is 2. The molecule has 0 fully saturated rings. The molecule has 3 N–H and O–H groups in total. The number of imide groups is 1. The van der Waals surface area contributed by atoms with E-state index in [0.29, 0.717) is 17.1 Å². The highest BCUT2D eigenvalue weighted by atomic mass is 16.5. The van der Waals surface area contributed by atoms with E-state index in [0.717, 1.165) is 0 Å². The van der Waals surface area contributed by atoms with E-state index in [4.69, 9.17) is 20.5 Å². The summed E-state index contributed by atoms with van der Waals surface area (Å²) in [6, 6.07) is 5.64. The van der Waals surface area contributed by atoms with Crippen LogP contribution in [0.5, 0.6) is 11.5 Å². The van der Waals surface area contributed by atoms with E-state index in [1.165, 1.54) is 20.3 Å². The minimum atomic E-state index is -1.03. The minimum absolute atomic E-state index is 0.282. The van der Waals surface area contributed by atoms with Gasteiger partial charge in [0.05, 0.1) is 14.2 Å². The number of hydrogen-bond acceptors (Lipinski definition) is 5. The largest absolute Gasteiger partial charge is 0.493 e. The second kappa shape index (κ2) is 6.80. The smallest absolute Gasteiger partial charge is 0.319 e. The maximum atomic E-state index is 11.6. The molecule has 0 aliphatic heterocycles. The van der Waals surface area contributed by atoms with Crippen molar-refractivity contribution in [3.63, 3.8) is 0 Å². The lowest BCUT2D eigenvalue weighted by molar-refractivity contribution is -0.115. The number of primary amides is 1. The first-order valence-corrected chi connectivity index (χ1v) is 5.47. The zero-order valence-electron chi connectivity index (χ0n) is 11.0. The van der Waals surface area contributed by atoms with Gasteiger partial charge in [-0.15, -0.1) is 0 Å². The Morgan fingerprint density at radius 1 is 1.35 bits per heavy atom. The van der Waals surface area contributed by atoms with Gasteiger partial charge in [-0.05, 0) is 12.1 Å². The number of carbonyl (C=O) groups excluding carboxylic acids is 2. The number of rotatable bonds is 4. The predicted octanol–water partition coefficient (Wildman–Crippen LogP) is 0.806. The Labute approximate surface area is 115 Å². The average Bonchev–Trinajstić information content (AvgIpc) is 2.43.